The smallest absolute Gasteiger partial charge is 0.246 e. The lowest BCUT2D eigenvalue weighted by Gasteiger charge is -2.35. The third kappa shape index (κ3) is 4.17. The molecule has 2 atom stereocenters. The summed E-state index contributed by atoms with van der Waals surface area (Å²) in [5.41, 5.74) is 8.70. The first-order chi connectivity index (χ1) is 12.5. The summed E-state index contributed by atoms with van der Waals surface area (Å²) in [6.45, 7) is 5.25. The number of aromatic nitrogens is 2. The van der Waals surface area contributed by atoms with Crippen molar-refractivity contribution in [3.8, 4) is 0 Å². The maximum atomic E-state index is 12.5. The van der Waals surface area contributed by atoms with E-state index in [2.05, 4.69) is 5.10 Å². The lowest BCUT2D eigenvalue weighted by atomic mass is 9.99. The van der Waals surface area contributed by atoms with Gasteiger partial charge in [-0.15, -0.1) is 0 Å². The number of nitrogens with two attached hydrogens (primary N) is 1. The molecule has 2 unspecified atom stereocenters. The van der Waals surface area contributed by atoms with Crippen molar-refractivity contribution in [1.82, 2.24) is 14.7 Å². The highest BCUT2D eigenvalue weighted by molar-refractivity contribution is 6.31. The molecule has 0 saturated carbocycles. The molecule has 26 heavy (non-hydrogen) atoms. The van der Waals surface area contributed by atoms with Crippen LogP contribution < -0.4 is 5.73 Å². The van der Waals surface area contributed by atoms with Crippen LogP contribution >= 0.6 is 11.6 Å². The Morgan fingerprint density at radius 3 is 2.81 bits per heavy atom. The molecule has 1 aliphatic heterocycles. The molecule has 1 fully saturated rings. The molecular weight excluding hydrogens is 348 g/mol. The van der Waals surface area contributed by atoms with Crippen LogP contribution in [0.2, 0.25) is 5.15 Å². The van der Waals surface area contributed by atoms with E-state index in [0.29, 0.717) is 18.2 Å². The molecule has 3 rings (SSSR count). The Labute approximate surface area is 159 Å². The van der Waals surface area contributed by atoms with Crippen LogP contribution in [-0.2, 0) is 11.3 Å². The monoisotopic (exact) mass is 372 g/mol. The third-order valence-corrected chi connectivity index (χ3v) is 5.28. The average Bonchev–Trinajstić information content (AvgIpc) is 2.87. The number of likely N-dealkylation sites (tertiary alicyclic amines) is 1. The fourth-order valence-corrected chi connectivity index (χ4v) is 3.70. The molecule has 1 saturated heterocycles. The number of aryl methyl sites for hydroxylation is 1. The Hall–Kier alpha value is -2.11. The summed E-state index contributed by atoms with van der Waals surface area (Å²) in [4.78, 5) is 14.4. The lowest BCUT2D eigenvalue weighted by Crippen LogP contribution is -2.47. The molecular formula is C20H25ClN4O. The van der Waals surface area contributed by atoms with Crippen LogP contribution in [-0.4, -0.2) is 39.2 Å². The Balaban J connectivity index is 1.73. The number of carbonyl (C=O) groups is 1. The van der Waals surface area contributed by atoms with Crippen LogP contribution in [0.15, 0.2) is 36.4 Å². The molecule has 0 spiro atoms. The van der Waals surface area contributed by atoms with E-state index in [1.807, 2.05) is 49.1 Å². The van der Waals surface area contributed by atoms with Crippen LogP contribution in [0.4, 0.5) is 0 Å². The maximum Gasteiger partial charge on any atom is 0.246 e. The topological polar surface area (TPSA) is 64.2 Å². The van der Waals surface area contributed by atoms with E-state index in [1.54, 1.807) is 16.8 Å². The van der Waals surface area contributed by atoms with Crippen molar-refractivity contribution in [2.75, 3.05) is 6.54 Å². The number of carbonyl (C=O) groups excluding carboxylic acids is 1. The van der Waals surface area contributed by atoms with Crippen molar-refractivity contribution in [3.05, 3.63) is 58.4 Å². The zero-order valence-corrected chi connectivity index (χ0v) is 16.0. The van der Waals surface area contributed by atoms with E-state index in [4.69, 9.17) is 17.3 Å². The third-order valence-electron chi connectivity index (χ3n) is 4.88. The van der Waals surface area contributed by atoms with Crippen molar-refractivity contribution < 1.29 is 4.79 Å². The first-order valence-electron chi connectivity index (χ1n) is 8.96. The molecule has 0 aliphatic carbocycles. The van der Waals surface area contributed by atoms with Crippen molar-refractivity contribution >= 4 is 23.6 Å². The molecule has 2 heterocycles. The number of hydrogen-bond donors (Lipinski definition) is 1. The highest BCUT2D eigenvalue weighted by atomic mass is 35.5. The van der Waals surface area contributed by atoms with Gasteiger partial charge in [0.05, 0.1) is 12.2 Å². The predicted molar refractivity (Wildman–Crippen MR) is 105 cm³/mol. The first kappa shape index (κ1) is 18.7. The van der Waals surface area contributed by atoms with Gasteiger partial charge in [-0.1, -0.05) is 41.9 Å². The summed E-state index contributed by atoms with van der Waals surface area (Å²) < 4.78 is 1.76. The van der Waals surface area contributed by atoms with Crippen molar-refractivity contribution in [1.29, 1.82) is 0 Å². The van der Waals surface area contributed by atoms with Crippen LogP contribution in [0.5, 0.6) is 0 Å². The number of hydrogen-bond acceptors (Lipinski definition) is 3. The zero-order valence-electron chi connectivity index (χ0n) is 15.2. The minimum absolute atomic E-state index is 0.00400. The fourth-order valence-electron chi connectivity index (χ4n) is 3.40. The molecule has 1 aromatic heterocycles. The summed E-state index contributed by atoms with van der Waals surface area (Å²) in [6.07, 6.45) is 5.05. The standard InChI is InChI=1S/C20H25ClN4O/c1-14-12-17(22)10-11-24(14)19(26)9-8-18-15(2)23-25(20(18)21)13-16-6-4-3-5-7-16/h3-9,14,17H,10-13,22H2,1-2H3. The number of nitrogens with zero attached hydrogens (tertiary/aromatic N) is 3. The van der Waals surface area contributed by atoms with Gasteiger partial charge in [0.25, 0.3) is 0 Å². The van der Waals surface area contributed by atoms with E-state index >= 15 is 0 Å². The molecule has 2 aromatic rings. The van der Waals surface area contributed by atoms with Gasteiger partial charge in [0.2, 0.25) is 5.91 Å². The van der Waals surface area contributed by atoms with Gasteiger partial charge < -0.3 is 10.6 Å². The molecule has 2 N–H and O–H groups in total. The Morgan fingerprint density at radius 2 is 2.12 bits per heavy atom. The zero-order chi connectivity index (χ0) is 18.7. The maximum absolute atomic E-state index is 12.5. The number of benzene rings is 1. The van der Waals surface area contributed by atoms with Crippen molar-refractivity contribution in [2.45, 2.75) is 45.3 Å². The summed E-state index contributed by atoms with van der Waals surface area (Å²) in [5.74, 6) is -0.00400. The normalized spacial score (nSPS) is 20.7. The Bertz CT molecular complexity index is 800. The van der Waals surface area contributed by atoms with Gasteiger partial charge in [-0.3, -0.25) is 4.79 Å². The van der Waals surface area contributed by atoms with Crippen LogP contribution in [0.3, 0.4) is 0 Å². The van der Waals surface area contributed by atoms with Crippen molar-refractivity contribution in [3.63, 3.8) is 0 Å². The van der Waals surface area contributed by atoms with Gasteiger partial charge in [0.1, 0.15) is 5.15 Å². The number of amides is 1. The summed E-state index contributed by atoms with van der Waals surface area (Å²) in [5, 5.41) is 5.06. The molecule has 6 heteroatoms. The largest absolute Gasteiger partial charge is 0.336 e. The molecule has 1 amide bonds. The van der Waals surface area contributed by atoms with Gasteiger partial charge in [0.15, 0.2) is 0 Å². The van der Waals surface area contributed by atoms with Crippen LogP contribution in [0, 0.1) is 6.92 Å². The summed E-state index contributed by atoms with van der Waals surface area (Å²) >= 11 is 6.50. The molecule has 0 radical (unpaired) electrons. The molecule has 138 valence electrons. The van der Waals surface area contributed by atoms with Gasteiger partial charge in [-0.25, -0.2) is 4.68 Å². The first-order valence-corrected chi connectivity index (χ1v) is 9.34. The van der Waals surface area contributed by atoms with Crippen LogP contribution in [0.1, 0.15) is 36.6 Å². The Morgan fingerprint density at radius 1 is 1.38 bits per heavy atom. The second-order valence-electron chi connectivity index (χ2n) is 6.93. The number of halogens is 1. The van der Waals surface area contributed by atoms with E-state index in [-0.39, 0.29) is 18.0 Å². The molecule has 0 bridgehead atoms. The number of piperidine rings is 1. The van der Waals surface area contributed by atoms with E-state index in [9.17, 15) is 4.79 Å². The van der Waals surface area contributed by atoms with Gasteiger partial charge in [-0.05, 0) is 38.3 Å². The second-order valence-corrected chi connectivity index (χ2v) is 7.29. The van der Waals surface area contributed by atoms with E-state index < -0.39 is 0 Å². The van der Waals surface area contributed by atoms with Crippen molar-refractivity contribution in [2.24, 2.45) is 5.73 Å². The highest BCUT2D eigenvalue weighted by Crippen LogP contribution is 2.23. The average molecular weight is 373 g/mol. The minimum Gasteiger partial charge on any atom is -0.336 e. The Kier molecular flexibility index (Phi) is 5.79. The van der Waals surface area contributed by atoms with E-state index in [1.165, 1.54) is 0 Å². The fraction of sp³-hybridized carbons (Fsp3) is 0.400. The summed E-state index contributed by atoms with van der Waals surface area (Å²) in [6, 6.07) is 10.4. The van der Waals surface area contributed by atoms with E-state index in [0.717, 1.165) is 29.7 Å². The van der Waals surface area contributed by atoms with Gasteiger partial charge >= 0.3 is 0 Å². The molecule has 1 aliphatic rings. The SMILES string of the molecule is Cc1nn(Cc2ccccc2)c(Cl)c1C=CC(=O)N1CCC(N)CC1C. The second kappa shape index (κ2) is 8.06. The number of rotatable bonds is 4. The lowest BCUT2D eigenvalue weighted by molar-refractivity contribution is -0.129. The minimum atomic E-state index is -0.00400. The molecule has 1 aromatic carbocycles. The highest BCUT2D eigenvalue weighted by Gasteiger charge is 2.25. The predicted octanol–water partition coefficient (Wildman–Crippen LogP) is 3.24. The molecule has 5 nitrogen and oxygen atoms in total. The summed E-state index contributed by atoms with van der Waals surface area (Å²) in [7, 11) is 0. The van der Waals surface area contributed by atoms with Gasteiger partial charge in [0, 0.05) is 30.3 Å². The quantitative estimate of drug-likeness (QED) is 0.838. The van der Waals surface area contributed by atoms with Crippen LogP contribution in [0.25, 0.3) is 6.08 Å². The van der Waals surface area contributed by atoms with Gasteiger partial charge in [-0.2, -0.15) is 5.10 Å².